The molecule has 0 amide bonds. The number of ether oxygens (including phenoxy) is 1. The molecular formula is C16H15FN2O. The molecule has 0 aromatic heterocycles. The van der Waals surface area contributed by atoms with Crippen molar-refractivity contribution in [3.63, 3.8) is 0 Å². The Morgan fingerprint density at radius 3 is 2.60 bits per heavy atom. The van der Waals surface area contributed by atoms with Crippen LogP contribution in [-0.2, 0) is 13.1 Å². The van der Waals surface area contributed by atoms with Gasteiger partial charge in [-0.05, 0) is 35.4 Å². The second-order valence-corrected chi connectivity index (χ2v) is 4.38. The number of halogens is 1. The summed E-state index contributed by atoms with van der Waals surface area (Å²) >= 11 is 0. The van der Waals surface area contributed by atoms with Crippen molar-refractivity contribution in [3.8, 4) is 11.8 Å². The van der Waals surface area contributed by atoms with Crippen LogP contribution in [0.2, 0.25) is 0 Å². The first-order chi connectivity index (χ1) is 9.72. The lowest BCUT2D eigenvalue weighted by molar-refractivity contribution is 0.414. The SMILES string of the molecule is COc1cccc(CNCc2ccc(F)c(C#N)c2)c1. The van der Waals surface area contributed by atoms with Crippen LogP contribution in [0, 0.1) is 17.1 Å². The molecule has 4 heteroatoms. The first-order valence-electron chi connectivity index (χ1n) is 6.25. The summed E-state index contributed by atoms with van der Waals surface area (Å²) in [5.74, 6) is 0.335. The van der Waals surface area contributed by atoms with E-state index >= 15 is 0 Å². The van der Waals surface area contributed by atoms with Crippen LogP contribution in [0.3, 0.4) is 0 Å². The molecule has 0 bridgehead atoms. The number of methoxy groups -OCH3 is 1. The van der Waals surface area contributed by atoms with Crippen LogP contribution in [0.25, 0.3) is 0 Å². The molecule has 0 radical (unpaired) electrons. The topological polar surface area (TPSA) is 45.0 Å². The highest BCUT2D eigenvalue weighted by Crippen LogP contribution is 2.13. The third-order valence-corrected chi connectivity index (χ3v) is 2.94. The molecule has 0 aliphatic heterocycles. The molecule has 0 atom stereocenters. The number of benzene rings is 2. The van der Waals surface area contributed by atoms with Crippen LogP contribution >= 0.6 is 0 Å². The van der Waals surface area contributed by atoms with Crippen molar-refractivity contribution in [1.82, 2.24) is 5.32 Å². The number of hydrogen-bond donors (Lipinski definition) is 1. The fourth-order valence-electron chi connectivity index (χ4n) is 1.90. The smallest absolute Gasteiger partial charge is 0.140 e. The summed E-state index contributed by atoms with van der Waals surface area (Å²) in [7, 11) is 1.63. The first kappa shape index (κ1) is 14.0. The van der Waals surface area contributed by atoms with Crippen molar-refractivity contribution in [1.29, 1.82) is 5.26 Å². The highest BCUT2D eigenvalue weighted by atomic mass is 19.1. The molecular weight excluding hydrogens is 255 g/mol. The van der Waals surface area contributed by atoms with Crippen LogP contribution in [-0.4, -0.2) is 7.11 Å². The van der Waals surface area contributed by atoms with Gasteiger partial charge in [-0.3, -0.25) is 0 Å². The zero-order valence-corrected chi connectivity index (χ0v) is 11.2. The monoisotopic (exact) mass is 270 g/mol. The van der Waals surface area contributed by atoms with Gasteiger partial charge in [-0.2, -0.15) is 5.26 Å². The number of rotatable bonds is 5. The molecule has 0 fully saturated rings. The normalized spacial score (nSPS) is 10.1. The van der Waals surface area contributed by atoms with Gasteiger partial charge in [-0.15, -0.1) is 0 Å². The molecule has 20 heavy (non-hydrogen) atoms. The van der Waals surface area contributed by atoms with Crippen molar-refractivity contribution in [3.05, 3.63) is 65.0 Å². The Labute approximate surface area is 117 Å². The minimum atomic E-state index is -0.482. The first-order valence-corrected chi connectivity index (χ1v) is 6.25. The molecule has 0 saturated carbocycles. The number of hydrogen-bond acceptors (Lipinski definition) is 3. The van der Waals surface area contributed by atoms with Gasteiger partial charge in [0.05, 0.1) is 12.7 Å². The van der Waals surface area contributed by atoms with Crippen molar-refractivity contribution in [2.75, 3.05) is 7.11 Å². The molecule has 102 valence electrons. The molecule has 3 nitrogen and oxygen atoms in total. The Morgan fingerprint density at radius 2 is 1.90 bits per heavy atom. The van der Waals surface area contributed by atoms with Gasteiger partial charge in [0.15, 0.2) is 0 Å². The number of nitrogens with zero attached hydrogens (tertiary/aromatic N) is 1. The van der Waals surface area contributed by atoms with E-state index in [0.717, 1.165) is 16.9 Å². The average Bonchev–Trinajstić information content (AvgIpc) is 2.49. The maximum Gasteiger partial charge on any atom is 0.140 e. The van der Waals surface area contributed by atoms with E-state index in [-0.39, 0.29) is 5.56 Å². The highest BCUT2D eigenvalue weighted by Gasteiger charge is 2.02. The van der Waals surface area contributed by atoms with E-state index in [1.165, 1.54) is 6.07 Å². The molecule has 1 N–H and O–H groups in total. The van der Waals surface area contributed by atoms with Gasteiger partial charge in [-0.25, -0.2) is 4.39 Å². The second kappa shape index (κ2) is 6.69. The van der Waals surface area contributed by atoms with Crippen molar-refractivity contribution in [2.45, 2.75) is 13.1 Å². The quantitative estimate of drug-likeness (QED) is 0.908. The molecule has 2 aromatic rings. The Balaban J connectivity index is 1.94. The lowest BCUT2D eigenvalue weighted by atomic mass is 10.1. The van der Waals surface area contributed by atoms with Gasteiger partial charge in [0.1, 0.15) is 17.6 Å². The van der Waals surface area contributed by atoms with Crippen LogP contribution < -0.4 is 10.1 Å². The molecule has 0 aliphatic rings. The molecule has 0 spiro atoms. The predicted molar refractivity (Wildman–Crippen MR) is 74.7 cm³/mol. The number of nitrogens with one attached hydrogen (secondary N) is 1. The highest BCUT2D eigenvalue weighted by molar-refractivity contribution is 5.34. The largest absolute Gasteiger partial charge is 0.497 e. The Morgan fingerprint density at radius 1 is 1.15 bits per heavy atom. The van der Waals surface area contributed by atoms with Crippen LogP contribution in [0.1, 0.15) is 16.7 Å². The van der Waals surface area contributed by atoms with Crippen molar-refractivity contribution < 1.29 is 9.13 Å². The third-order valence-electron chi connectivity index (χ3n) is 2.94. The van der Waals surface area contributed by atoms with E-state index in [0.29, 0.717) is 13.1 Å². The number of nitriles is 1. The lowest BCUT2D eigenvalue weighted by Gasteiger charge is -2.07. The Bertz CT molecular complexity index is 635. The van der Waals surface area contributed by atoms with E-state index < -0.39 is 5.82 Å². The minimum Gasteiger partial charge on any atom is -0.497 e. The summed E-state index contributed by atoms with van der Waals surface area (Å²) in [4.78, 5) is 0. The summed E-state index contributed by atoms with van der Waals surface area (Å²) in [6, 6.07) is 14.2. The van der Waals surface area contributed by atoms with E-state index in [2.05, 4.69) is 5.32 Å². The van der Waals surface area contributed by atoms with Gasteiger partial charge < -0.3 is 10.1 Å². The molecule has 0 heterocycles. The van der Waals surface area contributed by atoms with Crippen molar-refractivity contribution in [2.24, 2.45) is 0 Å². The van der Waals surface area contributed by atoms with Gasteiger partial charge in [0.2, 0.25) is 0 Å². The Hall–Kier alpha value is -2.38. The van der Waals surface area contributed by atoms with E-state index in [4.69, 9.17) is 10.00 Å². The summed E-state index contributed by atoms with van der Waals surface area (Å²) in [5, 5.41) is 12.0. The van der Waals surface area contributed by atoms with Gasteiger partial charge >= 0.3 is 0 Å². The lowest BCUT2D eigenvalue weighted by Crippen LogP contribution is -2.12. The van der Waals surface area contributed by atoms with Gasteiger partial charge in [-0.1, -0.05) is 18.2 Å². The second-order valence-electron chi connectivity index (χ2n) is 4.38. The summed E-state index contributed by atoms with van der Waals surface area (Å²) < 4.78 is 18.3. The van der Waals surface area contributed by atoms with Crippen molar-refractivity contribution >= 4 is 0 Å². The maximum absolute atomic E-state index is 13.2. The average molecular weight is 270 g/mol. The van der Waals surface area contributed by atoms with Gasteiger partial charge in [0.25, 0.3) is 0 Å². The fourth-order valence-corrected chi connectivity index (χ4v) is 1.90. The standard InChI is InChI=1S/C16H15FN2O/c1-20-15-4-2-3-12(8-15)10-19-11-13-5-6-16(17)14(7-13)9-18/h2-8,19H,10-11H2,1H3. The third kappa shape index (κ3) is 3.56. The van der Waals surface area contributed by atoms with Crippen LogP contribution in [0.15, 0.2) is 42.5 Å². The fraction of sp³-hybridized carbons (Fsp3) is 0.188. The minimum absolute atomic E-state index is 0.0747. The van der Waals surface area contributed by atoms with Crippen LogP contribution in [0.4, 0.5) is 4.39 Å². The summed E-state index contributed by atoms with van der Waals surface area (Å²) in [6.45, 7) is 1.25. The van der Waals surface area contributed by atoms with E-state index in [1.54, 1.807) is 19.2 Å². The maximum atomic E-state index is 13.2. The van der Waals surface area contributed by atoms with E-state index in [1.807, 2.05) is 30.3 Å². The summed E-state index contributed by atoms with van der Waals surface area (Å²) in [5.41, 5.74) is 2.06. The van der Waals surface area contributed by atoms with E-state index in [9.17, 15) is 4.39 Å². The molecule has 0 aliphatic carbocycles. The summed E-state index contributed by atoms with van der Waals surface area (Å²) in [6.07, 6.45) is 0. The molecule has 0 unspecified atom stereocenters. The zero-order valence-electron chi connectivity index (χ0n) is 11.2. The Kier molecular flexibility index (Phi) is 4.70. The molecule has 0 saturated heterocycles. The molecule has 2 aromatic carbocycles. The van der Waals surface area contributed by atoms with Gasteiger partial charge in [0, 0.05) is 13.1 Å². The predicted octanol–water partition coefficient (Wildman–Crippen LogP) is 3.00. The zero-order chi connectivity index (χ0) is 14.4. The van der Waals surface area contributed by atoms with Crippen LogP contribution in [0.5, 0.6) is 5.75 Å². The molecule has 2 rings (SSSR count).